The number of carbonyl (C=O) groups excluding carboxylic acids is 1. The van der Waals surface area contributed by atoms with Crippen LogP contribution in [0.2, 0.25) is 0 Å². The van der Waals surface area contributed by atoms with Gasteiger partial charge in [0.05, 0.1) is 0 Å². The SMILES string of the molecule is CC(=O)Nc1ncc(CN2CCCC(Cc3nnc4ccccn34)C2)s1. The molecule has 0 aliphatic carbocycles. The van der Waals surface area contributed by atoms with Gasteiger partial charge in [0.2, 0.25) is 5.91 Å². The van der Waals surface area contributed by atoms with Gasteiger partial charge in [0, 0.05) is 43.7 Å². The highest BCUT2D eigenvalue weighted by Crippen LogP contribution is 2.25. The Morgan fingerprint density at radius 2 is 2.31 bits per heavy atom. The Balaban J connectivity index is 1.38. The maximum atomic E-state index is 11.1. The Labute approximate surface area is 156 Å². The Morgan fingerprint density at radius 3 is 3.19 bits per heavy atom. The third kappa shape index (κ3) is 3.91. The number of likely N-dealkylation sites (tertiary alicyclic amines) is 1. The molecular formula is C18H22N6OS. The zero-order valence-corrected chi connectivity index (χ0v) is 15.6. The molecule has 26 heavy (non-hydrogen) atoms. The molecule has 1 atom stereocenters. The van der Waals surface area contributed by atoms with E-state index in [0.717, 1.165) is 37.5 Å². The Morgan fingerprint density at radius 1 is 1.38 bits per heavy atom. The topological polar surface area (TPSA) is 75.4 Å². The number of hydrogen-bond acceptors (Lipinski definition) is 6. The van der Waals surface area contributed by atoms with Crippen molar-refractivity contribution in [2.45, 2.75) is 32.7 Å². The second-order valence-corrected chi connectivity index (χ2v) is 7.92. The van der Waals surface area contributed by atoms with E-state index in [0.29, 0.717) is 11.0 Å². The van der Waals surface area contributed by atoms with E-state index < -0.39 is 0 Å². The fourth-order valence-electron chi connectivity index (χ4n) is 3.56. The molecule has 1 amide bonds. The minimum Gasteiger partial charge on any atom is -0.302 e. The van der Waals surface area contributed by atoms with E-state index in [9.17, 15) is 4.79 Å². The van der Waals surface area contributed by atoms with Crippen molar-refractivity contribution in [1.29, 1.82) is 0 Å². The summed E-state index contributed by atoms with van der Waals surface area (Å²) in [5, 5.41) is 12.1. The predicted octanol–water partition coefficient (Wildman–Crippen LogP) is 2.60. The minimum atomic E-state index is -0.0792. The van der Waals surface area contributed by atoms with E-state index in [-0.39, 0.29) is 5.91 Å². The number of carbonyl (C=O) groups is 1. The van der Waals surface area contributed by atoms with Gasteiger partial charge in [0.25, 0.3) is 0 Å². The lowest BCUT2D eigenvalue weighted by molar-refractivity contribution is -0.114. The molecule has 3 aromatic rings. The molecule has 1 fully saturated rings. The molecule has 1 aliphatic rings. The standard InChI is InChI=1S/C18H22N6OS/c1-13(25)20-18-19-10-15(26-18)12-23-7-4-5-14(11-23)9-17-22-21-16-6-2-3-8-24(16)17/h2-3,6,8,10,14H,4-5,7,9,11-12H2,1H3,(H,19,20,25). The number of amides is 1. The van der Waals surface area contributed by atoms with E-state index in [1.165, 1.54) is 24.6 Å². The van der Waals surface area contributed by atoms with Crippen molar-refractivity contribution in [1.82, 2.24) is 24.5 Å². The normalized spacial score (nSPS) is 18.3. The van der Waals surface area contributed by atoms with Gasteiger partial charge in [0.15, 0.2) is 10.8 Å². The fourth-order valence-corrected chi connectivity index (χ4v) is 4.46. The summed E-state index contributed by atoms with van der Waals surface area (Å²) < 4.78 is 2.09. The summed E-state index contributed by atoms with van der Waals surface area (Å²) in [6, 6.07) is 5.99. The minimum absolute atomic E-state index is 0.0792. The summed E-state index contributed by atoms with van der Waals surface area (Å²) in [5.41, 5.74) is 0.908. The Bertz CT molecular complexity index is 904. The van der Waals surface area contributed by atoms with Crippen LogP contribution in [-0.2, 0) is 17.8 Å². The van der Waals surface area contributed by atoms with Crippen LogP contribution in [0.5, 0.6) is 0 Å². The van der Waals surface area contributed by atoms with E-state index in [2.05, 4.69) is 29.8 Å². The molecule has 7 nitrogen and oxygen atoms in total. The number of hydrogen-bond donors (Lipinski definition) is 1. The average molecular weight is 370 g/mol. The molecule has 8 heteroatoms. The van der Waals surface area contributed by atoms with Gasteiger partial charge in [-0.3, -0.25) is 14.1 Å². The fraction of sp³-hybridized carbons (Fsp3) is 0.444. The van der Waals surface area contributed by atoms with Crippen molar-refractivity contribution < 1.29 is 4.79 Å². The van der Waals surface area contributed by atoms with Crippen LogP contribution < -0.4 is 5.32 Å². The number of piperidine rings is 1. The number of pyridine rings is 1. The zero-order chi connectivity index (χ0) is 17.9. The average Bonchev–Trinajstić information content (AvgIpc) is 3.22. The van der Waals surface area contributed by atoms with Gasteiger partial charge in [0.1, 0.15) is 5.82 Å². The van der Waals surface area contributed by atoms with Gasteiger partial charge in [-0.25, -0.2) is 4.98 Å². The molecule has 0 saturated carbocycles. The largest absolute Gasteiger partial charge is 0.302 e. The van der Waals surface area contributed by atoms with Crippen LogP contribution in [0.25, 0.3) is 5.65 Å². The summed E-state index contributed by atoms with van der Waals surface area (Å²) in [5.74, 6) is 1.54. The van der Waals surface area contributed by atoms with Gasteiger partial charge in [-0.15, -0.1) is 21.5 Å². The first-order chi connectivity index (χ1) is 12.7. The molecule has 1 saturated heterocycles. The van der Waals surface area contributed by atoms with Crippen molar-refractivity contribution >= 4 is 28.0 Å². The molecule has 1 unspecified atom stereocenters. The highest BCUT2D eigenvalue weighted by molar-refractivity contribution is 7.15. The predicted molar refractivity (Wildman–Crippen MR) is 101 cm³/mol. The second-order valence-electron chi connectivity index (χ2n) is 6.81. The summed E-state index contributed by atoms with van der Waals surface area (Å²) in [6.07, 6.45) is 7.26. The summed E-state index contributed by atoms with van der Waals surface area (Å²) in [6.45, 7) is 4.54. The van der Waals surface area contributed by atoms with Gasteiger partial charge >= 0.3 is 0 Å². The van der Waals surface area contributed by atoms with E-state index in [1.54, 1.807) is 11.3 Å². The lowest BCUT2D eigenvalue weighted by Gasteiger charge is -2.32. The van der Waals surface area contributed by atoms with E-state index >= 15 is 0 Å². The second kappa shape index (κ2) is 7.51. The van der Waals surface area contributed by atoms with Crippen molar-refractivity contribution in [2.24, 2.45) is 5.92 Å². The quantitative estimate of drug-likeness (QED) is 0.747. The maximum absolute atomic E-state index is 11.1. The molecular weight excluding hydrogens is 348 g/mol. The van der Waals surface area contributed by atoms with Crippen molar-refractivity contribution in [2.75, 3.05) is 18.4 Å². The Hall–Kier alpha value is -2.32. The lowest BCUT2D eigenvalue weighted by Crippen LogP contribution is -2.35. The molecule has 3 aromatic heterocycles. The third-order valence-corrected chi connectivity index (χ3v) is 5.57. The summed E-state index contributed by atoms with van der Waals surface area (Å²) >= 11 is 1.55. The molecule has 0 radical (unpaired) electrons. The van der Waals surface area contributed by atoms with Gasteiger partial charge in [-0.05, 0) is 37.4 Å². The molecule has 1 aliphatic heterocycles. The van der Waals surface area contributed by atoms with Crippen LogP contribution in [0, 0.1) is 5.92 Å². The monoisotopic (exact) mass is 370 g/mol. The number of aromatic nitrogens is 4. The van der Waals surface area contributed by atoms with Gasteiger partial charge in [-0.2, -0.15) is 0 Å². The Kier molecular flexibility index (Phi) is 4.94. The first kappa shape index (κ1) is 17.1. The van der Waals surface area contributed by atoms with Crippen molar-refractivity contribution in [3.05, 3.63) is 41.3 Å². The van der Waals surface area contributed by atoms with Gasteiger partial charge < -0.3 is 5.32 Å². The first-order valence-electron chi connectivity index (χ1n) is 8.90. The highest BCUT2D eigenvalue weighted by atomic mass is 32.1. The van der Waals surface area contributed by atoms with Crippen LogP contribution in [0.15, 0.2) is 30.6 Å². The van der Waals surface area contributed by atoms with Crippen molar-refractivity contribution in [3.8, 4) is 0 Å². The number of fused-ring (bicyclic) bond motifs is 1. The molecule has 0 aromatic carbocycles. The van der Waals surface area contributed by atoms with E-state index in [1.807, 2.05) is 30.6 Å². The van der Waals surface area contributed by atoms with Crippen molar-refractivity contribution in [3.63, 3.8) is 0 Å². The van der Waals surface area contributed by atoms with Crippen LogP contribution in [0.3, 0.4) is 0 Å². The number of nitrogens with one attached hydrogen (secondary N) is 1. The van der Waals surface area contributed by atoms with Crippen LogP contribution in [0.4, 0.5) is 5.13 Å². The molecule has 1 N–H and O–H groups in total. The zero-order valence-electron chi connectivity index (χ0n) is 14.8. The molecule has 4 rings (SSSR count). The summed E-state index contributed by atoms with van der Waals surface area (Å²) in [4.78, 5) is 19.1. The van der Waals surface area contributed by atoms with E-state index in [4.69, 9.17) is 0 Å². The molecule has 4 heterocycles. The van der Waals surface area contributed by atoms with Crippen LogP contribution >= 0.6 is 11.3 Å². The molecule has 0 bridgehead atoms. The lowest BCUT2D eigenvalue weighted by atomic mass is 9.94. The van der Waals surface area contributed by atoms with Gasteiger partial charge in [-0.1, -0.05) is 6.07 Å². The molecule has 136 valence electrons. The third-order valence-electron chi connectivity index (χ3n) is 4.67. The number of thiazole rings is 1. The first-order valence-corrected chi connectivity index (χ1v) is 9.72. The summed E-state index contributed by atoms with van der Waals surface area (Å²) in [7, 11) is 0. The smallest absolute Gasteiger partial charge is 0.223 e. The number of nitrogens with zero attached hydrogens (tertiary/aromatic N) is 5. The number of anilines is 1. The maximum Gasteiger partial charge on any atom is 0.223 e. The number of rotatable bonds is 5. The van der Waals surface area contributed by atoms with Crippen LogP contribution in [0.1, 0.15) is 30.5 Å². The highest BCUT2D eigenvalue weighted by Gasteiger charge is 2.22. The molecule has 0 spiro atoms. The van der Waals surface area contributed by atoms with Crippen LogP contribution in [-0.4, -0.2) is 43.5 Å².